The van der Waals surface area contributed by atoms with Crippen molar-refractivity contribution in [1.29, 1.82) is 0 Å². The minimum atomic E-state index is -0.136. The average molecular weight is 345 g/mol. The van der Waals surface area contributed by atoms with Gasteiger partial charge in [-0.3, -0.25) is 9.89 Å². The number of amides is 1. The van der Waals surface area contributed by atoms with Crippen molar-refractivity contribution < 1.29 is 4.79 Å². The largest absolute Gasteiger partial charge is 0.339 e. The van der Waals surface area contributed by atoms with Crippen LogP contribution in [0.3, 0.4) is 0 Å². The quantitative estimate of drug-likeness (QED) is 0.592. The van der Waals surface area contributed by atoms with E-state index < -0.39 is 0 Å². The molecule has 3 heterocycles. The Hall–Kier alpha value is -3.41. The molecule has 0 aliphatic heterocycles. The topological polar surface area (TPSA) is 77.7 Å². The Morgan fingerprint density at radius 1 is 1.12 bits per heavy atom. The number of pyridine rings is 1. The summed E-state index contributed by atoms with van der Waals surface area (Å²) >= 11 is 0. The lowest BCUT2D eigenvalue weighted by Gasteiger charge is -2.16. The lowest BCUT2D eigenvalue weighted by atomic mass is 10.1. The molecule has 0 atom stereocenters. The standard InChI is InChI=1S/C20H19N5O/c1-12-13(2)23-24-18(12)20(26)25(3)16-9-15-10-17(22-19(15)21-11-16)14-7-5-4-6-8-14/h4-11H,1-3H3,(H,21,22)(H,23,24). The van der Waals surface area contributed by atoms with Crippen LogP contribution in [0.1, 0.15) is 21.7 Å². The van der Waals surface area contributed by atoms with Crippen LogP contribution in [-0.4, -0.2) is 33.1 Å². The molecule has 0 radical (unpaired) electrons. The van der Waals surface area contributed by atoms with E-state index >= 15 is 0 Å². The van der Waals surface area contributed by atoms with Gasteiger partial charge in [0.15, 0.2) is 0 Å². The number of carbonyl (C=O) groups is 1. The number of hydrogen-bond acceptors (Lipinski definition) is 3. The summed E-state index contributed by atoms with van der Waals surface area (Å²) < 4.78 is 0. The van der Waals surface area contributed by atoms with Crippen molar-refractivity contribution in [3.63, 3.8) is 0 Å². The Labute approximate surface area is 150 Å². The van der Waals surface area contributed by atoms with Crippen molar-refractivity contribution in [2.24, 2.45) is 0 Å². The van der Waals surface area contributed by atoms with E-state index in [1.165, 1.54) is 0 Å². The molecule has 0 spiro atoms. The summed E-state index contributed by atoms with van der Waals surface area (Å²) in [6.07, 6.45) is 1.70. The third-order valence-corrected chi connectivity index (χ3v) is 4.70. The second-order valence-corrected chi connectivity index (χ2v) is 6.35. The van der Waals surface area contributed by atoms with Gasteiger partial charge < -0.3 is 9.88 Å². The summed E-state index contributed by atoms with van der Waals surface area (Å²) in [5.74, 6) is -0.136. The van der Waals surface area contributed by atoms with E-state index in [0.717, 1.165) is 39.2 Å². The zero-order chi connectivity index (χ0) is 18.3. The molecule has 4 rings (SSSR count). The maximum Gasteiger partial charge on any atom is 0.276 e. The fraction of sp³-hybridized carbons (Fsp3) is 0.150. The highest BCUT2D eigenvalue weighted by Gasteiger charge is 2.19. The van der Waals surface area contributed by atoms with E-state index in [2.05, 4.69) is 20.2 Å². The van der Waals surface area contributed by atoms with E-state index in [9.17, 15) is 4.79 Å². The molecule has 0 bridgehead atoms. The minimum Gasteiger partial charge on any atom is -0.339 e. The van der Waals surface area contributed by atoms with Crippen molar-refractivity contribution in [2.75, 3.05) is 11.9 Å². The number of carbonyl (C=O) groups excluding carboxylic acids is 1. The number of rotatable bonds is 3. The van der Waals surface area contributed by atoms with E-state index in [1.807, 2.05) is 56.3 Å². The third kappa shape index (κ3) is 2.65. The molecule has 0 unspecified atom stereocenters. The maximum absolute atomic E-state index is 12.8. The maximum atomic E-state index is 12.8. The summed E-state index contributed by atoms with van der Waals surface area (Å²) in [7, 11) is 1.74. The number of aromatic amines is 2. The molecule has 130 valence electrons. The summed E-state index contributed by atoms with van der Waals surface area (Å²) in [5, 5.41) is 7.88. The first-order valence-corrected chi connectivity index (χ1v) is 8.38. The van der Waals surface area contributed by atoms with Gasteiger partial charge in [-0.25, -0.2) is 4.98 Å². The number of benzene rings is 1. The molecule has 1 aromatic carbocycles. The molecule has 3 aromatic heterocycles. The van der Waals surface area contributed by atoms with Crippen LogP contribution < -0.4 is 4.90 Å². The molecule has 0 saturated carbocycles. The van der Waals surface area contributed by atoms with E-state index in [1.54, 1.807) is 18.1 Å². The van der Waals surface area contributed by atoms with E-state index in [-0.39, 0.29) is 5.91 Å². The Balaban J connectivity index is 1.68. The van der Waals surface area contributed by atoms with Crippen LogP contribution in [0, 0.1) is 13.8 Å². The molecule has 0 aliphatic carbocycles. The van der Waals surface area contributed by atoms with Crippen LogP contribution >= 0.6 is 0 Å². The molecule has 6 nitrogen and oxygen atoms in total. The van der Waals surface area contributed by atoms with E-state index in [0.29, 0.717) is 5.69 Å². The summed E-state index contributed by atoms with van der Waals surface area (Å²) in [6, 6.07) is 14.1. The number of fused-ring (bicyclic) bond motifs is 1. The second kappa shape index (κ2) is 6.15. The highest BCUT2D eigenvalue weighted by atomic mass is 16.2. The minimum absolute atomic E-state index is 0.136. The van der Waals surface area contributed by atoms with Crippen LogP contribution in [0.4, 0.5) is 5.69 Å². The second-order valence-electron chi connectivity index (χ2n) is 6.35. The van der Waals surface area contributed by atoms with Crippen LogP contribution in [0.5, 0.6) is 0 Å². The molecule has 4 aromatic rings. The molecule has 0 saturated heterocycles. The summed E-state index contributed by atoms with van der Waals surface area (Å²) in [4.78, 5) is 22.1. The van der Waals surface area contributed by atoms with Crippen LogP contribution in [0.2, 0.25) is 0 Å². The van der Waals surface area contributed by atoms with Gasteiger partial charge in [0.25, 0.3) is 5.91 Å². The molecule has 0 aliphatic rings. The number of aryl methyl sites for hydroxylation is 1. The summed E-state index contributed by atoms with van der Waals surface area (Å²) in [5.41, 5.74) is 5.82. The zero-order valence-electron chi connectivity index (χ0n) is 14.9. The molecule has 26 heavy (non-hydrogen) atoms. The first-order valence-electron chi connectivity index (χ1n) is 8.38. The zero-order valence-corrected chi connectivity index (χ0v) is 14.9. The number of hydrogen-bond donors (Lipinski definition) is 2. The van der Waals surface area contributed by atoms with Gasteiger partial charge in [0.2, 0.25) is 0 Å². The van der Waals surface area contributed by atoms with Crippen molar-refractivity contribution in [2.45, 2.75) is 13.8 Å². The summed E-state index contributed by atoms with van der Waals surface area (Å²) in [6.45, 7) is 3.76. The van der Waals surface area contributed by atoms with Gasteiger partial charge in [-0.15, -0.1) is 0 Å². The number of anilines is 1. The lowest BCUT2D eigenvalue weighted by Crippen LogP contribution is -2.27. The van der Waals surface area contributed by atoms with Crippen molar-refractivity contribution >= 4 is 22.6 Å². The van der Waals surface area contributed by atoms with Crippen LogP contribution in [0.25, 0.3) is 22.3 Å². The number of nitrogens with zero attached hydrogens (tertiary/aromatic N) is 3. The normalized spacial score (nSPS) is 11.0. The molecule has 1 amide bonds. The molecular formula is C20H19N5O. The van der Waals surface area contributed by atoms with E-state index in [4.69, 9.17) is 0 Å². The fourth-order valence-electron chi connectivity index (χ4n) is 2.94. The number of nitrogens with one attached hydrogen (secondary N) is 2. The Bertz CT molecular complexity index is 1090. The molecular weight excluding hydrogens is 326 g/mol. The molecule has 2 N–H and O–H groups in total. The first-order chi connectivity index (χ1) is 12.5. The van der Waals surface area contributed by atoms with Crippen molar-refractivity contribution in [1.82, 2.24) is 20.2 Å². The van der Waals surface area contributed by atoms with Crippen molar-refractivity contribution in [3.05, 3.63) is 65.6 Å². The van der Waals surface area contributed by atoms with Crippen molar-refractivity contribution in [3.8, 4) is 11.3 Å². The Kier molecular flexibility index (Phi) is 3.80. The van der Waals surface area contributed by atoms with Crippen LogP contribution in [-0.2, 0) is 0 Å². The lowest BCUT2D eigenvalue weighted by molar-refractivity contribution is 0.0987. The predicted octanol–water partition coefficient (Wildman–Crippen LogP) is 3.85. The van der Waals surface area contributed by atoms with Gasteiger partial charge in [0, 0.05) is 23.7 Å². The van der Waals surface area contributed by atoms with Gasteiger partial charge in [0.1, 0.15) is 11.3 Å². The molecule has 0 fully saturated rings. The SMILES string of the molecule is Cc1n[nH]c(C(=O)N(C)c2cnc3[nH]c(-c4ccccc4)cc3c2)c1C. The van der Waals surface area contributed by atoms with Gasteiger partial charge in [-0.1, -0.05) is 30.3 Å². The first kappa shape index (κ1) is 16.1. The monoisotopic (exact) mass is 345 g/mol. The Morgan fingerprint density at radius 2 is 1.88 bits per heavy atom. The predicted molar refractivity (Wildman–Crippen MR) is 102 cm³/mol. The van der Waals surface area contributed by atoms with Gasteiger partial charge in [-0.2, -0.15) is 5.10 Å². The Morgan fingerprint density at radius 3 is 2.58 bits per heavy atom. The van der Waals surface area contributed by atoms with Gasteiger partial charge in [-0.05, 0) is 31.5 Å². The average Bonchev–Trinajstić information content (AvgIpc) is 3.24. The van der Waals surface area contributed by atoms with Gasteiger partial charge in [0.05, 0.1) is 17.6 Å². The highest BCUT2D eigenvalue weighted by Crippen LogP contribution is 2.26. The fourth-order valence-corrected chi connectivity index (χ4v) is 2.94. The van der Waals surface area contributed by atoms with Crippen LogP contribution in [0.15, 0.2) is 48.7 Å². The van der Waals surface area contributed by atoms with Gasteiger partial charge >= 0.3 is 0 Å². The molecule has 6 heteroatoms. The highest BCUT2D eigenvalue weighted by molar-refractivity contribution is 6.06. The number of aromatic nitrogens is 4. The smallest absolute Gasteiger partial charge is 0.276 e. The third-order valence-electron chi connectivity index (χ3n) is 4.70. The number of H-pyrrole nitrogens is 2.